The lowest BCUT2D eigenvalue weighted by Gasteiger charge is -2.35. The van der Waals surface area contributed by atoms with Crippen molar-refractivity contribution in [3.63, 3.8) is 0 Å². The van der Waals surface area contributed by atoms with Gasteiger partial charge in [0.1, 0.15) is 22.6 Å². The predicted octanol–water partition coefficient (Wildman–Crippen LogP) is 3.40. The highest BCUT2D eigenvalue weighted by Crippen LogP contribution is 2.39. The van der Waals surface area contributed by atoms with Crippen LogP contribution in [0.25, 0.3) is 11.2 Å². The van der Waals surface area contributed by atoms with Gasteiger partial charge in [0.15, 0.2) is 17.3 Å². The molecular formula is C22H26F3N7O2. The first-order chi connectivity index (χ1) is 16.1. The summed E-state index contributed by atoms with van der Waals surface area (Å²) < 4.78 is 43.8. The first kappa shape index (κ1) is 23.7. The van der Waals surface area contributed by atoms with Gasteiger partial charge in [-0.15, -0.1) is 0 Å². The number of carbonyl (C=O) groups excluding carboxylic acids is 1. The minimum absolute atomic E-state index is 0.0612. The van der Waals surface area contributed by atoms with Crippen LogP contribution in [-0.2, 0) is 4.79 Å². The average molecular weight is 477 g/mol. The molecule has 0 spiro atoms. The van der Waals surface area contributed by atoms with Gasteiger partial charge < -0.3 is 21.1 Å². The van der Waals surface area contributed by atoms with E-state index in [0.717, 1.165) is 0 Å². The highest BCUT2D eigenvalue weighted by Gasteiger charge is 2.40. The van der Waals surface area contributed by atoms with E-state index in [2.05, 4.69) is 30.9 Å². The number of anilines is 3. The van der Waals surface area contributed by atoms with E-state index in [-0.39, 0.29) is 30.9 Å². The number of rotatable bonds is 6. The Balaban J connectivity index is 1.77. The van der Waals surface area contributed by atoms with Gasteiger partial charge in [0.2, 0.25) is 11.9 Å². The lowest BCUT2D eigenvalue weighted by molar-refractivity contribution is -0.143. The second-order valence-electron chi connectivity index (χ2n) is 8.72. The van der Waals surface area contributed by atoms with Crippen molar-refractivity contribution >= 4 is 34.7 Å². The van der Waals surface area contributed by atoms with E-state index in [1.165, 1.54) is 13.2 Å². The number of likely N-dealkylation sites (N-methyl/N-ethyl adjacent to an activating group) is 1. The summed E-state index contributed by atoms with van der Waals surface area (Å²) in [4.78, 5) is 25.3. The van der Waals surface area contributed by atoms with Crippen LogP contribution in [0.1, 0.15) is 45.6 Å². The molecule has 0 unspecified atom stereocenters. The summed E-state index contributed by atoms with van der Waals surface area (Å²) in [6, 6.07) is 0.928. The Morgan fingerprint density at radius 1 is 1.18 bits per heavy atom. The van der Waals surface area contributed by atoms with E-state index in [4.69, 9.17) is 0 Å². The van der Waals surface area contributed by atoms with E-state index in [9.17, 15) is 23.1 Å². The normalized spacial score (nSPS) is 20.5. The Hall–Kier alpha value is -3.41. The molecule has 1 amide bonds. The molecule has 0 atom stereocenters. The maximum atomic E-state index is 14.4. The number of imidazole rings is 1. The third-order valence-corrected chi connectivity index (χ3v) is 5.89. The van der Waals surface area contributed by atoms with Crippen molar-refractivity contribution in [3.05, 3.63) is 35.8 Å². The average Bonchev–Trinajstić information content (AvgIpc) is 3.13. The minimum atomic E-state index is -1.50. The molecule has 2 heterocycles. The number of nitrogens with one attached hydrogen (secondary N) is 3. The van der Waals surface area contributed by atoms with E-state index in [0.29, 0.717) is 42.1 Å². The number of amides is 1. The number of halogens is 3. The minimum Gasteiger partial charge on any atom is -0.380 e. The predicted molar refractivity (Wildman–Crippen MR) is 120 cm³/mol. The summed E-state index contributed by atoms with van der Waals surface area (Å²) in [5, 5.41) is 18.9. The molecule has 182 valence electrons. The Bertz CT molecular complexity index is 1200. The van der Waals surface area contributed by atoms with Crippen molar-refractivity contribution in [3.8, 4) is 0 Å². The number of aliphatic hydroxyl groups is 1. The highest BCUT2D eigenvalue weighted by molar-refractivity contribution is 5.84. The molecule has 0 saturated heterocycles. The Kier molecular flexibility index (Phi) is 6.34. The lowest BCUT2D eigenvalue weighted by atomic mass is 9.81. The first-order valence-electron chi connectivity index (χ1n) is 11.0. The van der Waals surface area contributed by atoms with Crippen molar-refractivity contribution in [1.82, 2.24) is 24.8 Å². The number of carbonyl (C=O) groups is 1. The summed E-state index contributed by atoms with van der Waals surface area (Å²) in [5.41, 5.74) is -1.25. The molecule has 34 heavy (non-hydrogen) atoms. The summed E-state index contributed by atoms with van der Waals surface area (Å²) in [6.45, 7) is 3.86. The van der Waals surface area contributed by atoms with Gasteiger partial charge in [-0.2, -0.15) is 4.98 Å². The number of hydrogen-bond donors (Lipinski definition) is 4. The van der Waals surface area contributed by atoms with Crippen molar-refractivity contribution in [2.75, 3.05) is 17.7 Å². The first-order valence-corrected chi connectivity index (χ1v) is 11.0. The quantitative estimate of drug-likeness (QED) is 0.430. The van der Waals surface area contributed by atoms with Gasteiger partial charge in [0.25, 0.3) is 5.91 Å². The standard InChI is InChI=1S/C22H26F3N7O2/c1-11(2)28-20-27-10-16-18(31-20)32(13-4-6-22(34,7-5-13)19(33)26-3)21(29-16)30-17-14(24)8-12(23)9-15(17)25/h8-11,13,34H,4-7H2,1-3H3,(H,26,33)(H,29,30)(H,27,28,31)/t13-,22-. The molecule has 1 fully saturated rings. The fourth-order valence-electron chi connectivity index (χ4n) is 4.22. The van der Waals surface area contributed by atoms with Gasteiger partial charge in [-0.05, 0) is 39.5 Å². The number of hydrogen-bond acceptors (Lipinski definition) is 7. The maximum Gasteiger partial charge on any atom is 0.251 e. The van der Waals surface area contributed by atoms with Crippen LogP contribution in [0.3, 0.4) is 0 Å². The number of benzene rings is 1. The number of aromatic nitrogens is 4. The van der Waals surface area contributed by atoms with Crippen LogP contribution in [0, 0.1) is 17.5 Å². The van der Waals surface area contributed by atoms with Gasteiger partial charge in [-0.1, -0.05) is 0 Å². The molecule has 1 aromatic carbocycles. The van der Waals surface area contributed by atoms with Gasteiger partial charge in [0.05, 0.1) is 6.20 Å². The molecule has 3 aromatic rings. The van der Waals surface area contributed by atoms with Gasteiger partial charge in [-0.3, -0.25) is 9.36 Å². The molecule has 4 N–H and O–H groups in total. The zero-order chi connectivity index (χ0) is 24.6. The van der Waals surface area contributed by atoms with Crippen LogP contribution >= 0.6 is 0 Å². The van der Waals surface area contributed by atoms with Crippen LogP contribution in [0.15, 0.2) is 18.3 Å². The van der Waals surface area contributed by atoms with Crippen LogP contribution in [-0.4, -0.2) is 49.2 Å². The zero-order valence-corrected chi connectivity index (χ0v) is 19.0. The van der Waals surface area contributed by atoms with Crippen molar-refractivity contribution in [2.45, 2.75) is 57.2 Å². The second kappa shape index (κ2) is 9.09. The molecule has 1 aliphatic carbocycles. The SMILES string of the molecule is CNC(=O)[C@]1(O)CC[C@H](n2c(Nc3c(F)cc(F)cc3F)nc3cnc(NC(C)C)nc32)CC1. The van der Waals surface area contributed by atoms with Crippen molar-refractivity contribution < 1.29 is 23.1 Å². The molecule has 4 rings (SSSR count). The molecule has 0 aliphatic heterocycles. The van der Waals surface area contributed by atoms with Crippen LogP contribution in [0.2, 0.25) is 0 Å². The van der Waals surface area contributed by atoms with Gasteiger partial charge in [0, 0.05) is 31.3 Å². The third-order valence-electron chi connectivity index (χ3n) is 5.89. The highest BCUT2D eigenvalue weighted by atomic mass is 19.1. The monoisotopic (exact) mass is 477 g/mol. The third kappa shape index (κ3) is 4.49. The number of nitrogens with zero attached hydrogens (tertiary/aromatic N) is 4. The number of fused-ring (bicyclic) bond motifs is 1. The molecule has 1 saturated carbocycles. The Morgan fingerprint density at radius 2 is 1.82 bits per heavy atom. The Labute approximate surface area is 193 Å². The molecule has 2 aromatic heterocycles. The van der Waals surface area contributed by atoms with E-state index < -0.39 is 34.6 Å². The maximum absolute atomic E-state index is 14.4. The summed E-state index contributed by atoms with van der Waals surface area (Å²) in [7, 11) is 1.46. The largest absolute Gasteiger partial charge is 0.380 e. The van der Waals surface area contributed by atoms with Crippen LogP contribution in [0.4, 0.5) is 30.8 Å². The summed E-state index contributed by atoms with van der Waals surface area (Å²) in [6.07, 6.45) is 2.62. The zero-order valence-electron chi connectivity index (χ0n) is 19.0. The lowest BCUT2D eigenvalue weighted by Crippen LogP contribution is -2.48. The molecular weight excluding hydrogens is 451 g/mol. The molecule has 0 radical (unpaired) electrons. The fourth-order valence-corrected chi connectivity index (χ4v) is 4.22. The van der Waals surface area contributed by atoms with E-state index in [1.54, 1.807) is 4.57 Å². The second-order valence-corrected chi connectivity index (χ2v) is 8.72. The molecule has 9 nitrogen and oxygen atoms in total. The molecule has 12 heteroatoms. The molecule has 1 aliphatic rings. The Morgan fingerprint density at radius 3 is 2.41 bits per heavy atom. The van der Waals surface area contributed by atoms with Crippen molar-refractivity contribution in [1.29, 1.82) is 0 Å². The fraction of sp³-hybridized carbons (Fsp3) is 0.455. The van der Waals surface area contributed by atoms with E-state index >= 15 is 0 Å². The summed E-state index contributed by atoms with van der Waals surface area (Å²) >= 11 is 0. The van der Waals surface area contributed by atoms with Gasteiger partial charge in [-0.25, -0.2) is 23.1 Å². The topological polar surface area (TPSA) is 117 Å². The summed E-state index contributed by atoms with van der Waals surface area (Å²) in [5.74, 6) is -3.27. The van der Waals surface area contributed by atoms with Crippen LogP contribution < -0.4 is 16.0 Å². The van der Waals surface area contributed by atoms with E-state index in [1.807, 2.05) is 13.8 Å². The molecule has 0 bridgehead atoms. The van der Waals surface area contributed by atoms with Gasteiger partial charge >= 0.3 is 0 Å². The van der Waals surface area contributed by atoms with Crippen LogP contribution in [0.5, 0.6) is 0 Å². The smallest absolute Gasteiger partial charge is 0.251 e. The van der Waals surface area contributed by atoms with Crippen molar-refractivity contribution in [2.24, 2.45) is 0 Å².